The van der Waals surface area contributed by atoms with Crippen molar-refractivity contribution in [2.24, 2.45) is 0 Å². The average molecular weight is 310 g/mol. The highest BCUT2D eigenvalue weighted by atomic mass is 15.3. The summed E-state index contributed by atoms with van der Waals surface area (Å²) >= 11 is 0. The third-order valence-corrected chi connectivity index (χ3v) is 4.88. The number of rotatable bonds is 3. The van der Waals surface area contributed by atoms with Gasteiger partial charge >= 0.3 is 0 Å². The predicted molar refractivity (Wildman–Crippen MR) is 89.9 cm³/mol. The highest BCUT2D eigenvalue weighted by Gasteiger charge is 2.27. The number of aromatic nitrogens is 4. The maximum absolute atomic E-state index is 4.48. The quantitative estimate of drug-likeness (QED) is 0.865. The fourth-order valence-corrected chi connectivity index (χ4v) is 3.13. The molecule has 4 rings (SSSR count). The smallest absolute Gasteiger partial charge is 0.135 e. The summed E-state index contributed by atoms with van der Waals surface area (Å²) in [4.78, 5) is 22.3. The molecule has 2 aliphatic rings. The van der Waals surface area contributed by atoms with E-state index in [1.807, 2.05) is 6.92 Å². The maximum Gasteiger partial charge on any atom is 0.135 e. The standard InChI is InChI=1S/C17H22N6/c1-12-13(2)18-10-21-17(12)23-7-5-22(6-8-23)16-9-15(14-3-4-14)19-11-20-16/h9-11,14H,3-8H2,1-2H3. The summed E-state index contributed by atoms with van der Waals surface area (Å²) in [6, 6.07) is 2.17. The molecule has 1 aliphatic heterocycles. The zero-order chi connectivity index (χ0) is 15.8. The third-order valence-electron chi connectivity index (χ3n) is 4.88. The molecule has 0 N–H and O–H groups in total. The average Bonchev–Trinajstić information content (AvgIpc) is 3.43. The van der Waals surface area contributed by atoms with Gasteiger partial charge in [-0.15, -0.1) is 0 Å². The Kier molecular flexibility index (Phi) is 3.59. The number of nitrogens with zero attached hydrogens (tertiary/aromatic N) is 6. The first kappa shape index (κ1) is 14.4. The fourth-order valence-electron chi connectivity index (χ4n) is 3.13. The van der Waals surface area contributed by atoms with Crippen LogP contribution in [-0.2, 0) is 0 Å². The van der Waals surface area contributed by atoms with E-state index in [0.717, 1.165) is 43.5 Å². The summed E-state index contributed by atoms with van der Waals surface area (Å²) in [6.45, 7) is 7.98. The molecule has 0 aromatic carbocycles. The SMILES string of the molecule is Cc1ncnc(N2CCN(c3cc(C4CC4)ncn3)CC2)c1C. The van der Waals surface area contributed by atoms with Crippen molar-refractivity contribution in [1.82, 2.24) is 19.9 Å². The van der Waals surface area contributed by atoms with Gasteiger partial charge in [0.05, 0.1) is 0 Å². The van der Waals surface area contributed by atoms with E-state index in [9.17, 15) is 0 Å². The first-order chi connectivity index (χ1) is 11.2. The molecule has 2 fully saturated rings. The van der Waals surface area contributed by atoms with Crippen molar-refractivity contribution >= 4 is 11.6 Å². The molecule has 2 aromatic heterocycles. The van der Waals surface area contributed by atoms with E-state index in [4.69, 9.17) is 0 Å². The fraction of sp³-hybridized carbons (Fsp3) is 0.529. The minimum absolute atomic E-state index is 0.671. The predicted octanol–water partition coefficient (Wildman–Crippen LogP) is 2.09. The van der Waals surface area contributed by atoms with Crippen LogP contribution in [0.1, 0.15) is 35.7 Å². The monoisotopic (exact) mass is 310 g/mol. The van der Waals surface area contributed by atoms with Gasteiger partial charge in [-0.3, -0.25) is 0 Å². The van der Waals surface area contributed by atoms with Gasteiger partial charge in [-0.25, -0.2) is 19.9 Å². The van der Waals surface area contributed by atoms with Gasteiger partial charge in [0.25, 0.3) is 0 Å². The van der Waals surface area contributed by atoms with E-state index in [0.29, 0.717) is 5.92 Å². The number of hydrogen-bond donors (Lipinski definition) is 0. The van der Waals surface area contributed by atoms with E-state index in [1.54, 1.807) is 12.7 Å². The molecule has 2 aromatic rings. The Labute approximate surface area is 136 Å². The number of hydrogen-bond acceptors (Lipinski definition) is 6. The Morgan fingerprint density at radius 3 is 2.30 bits per heavy atom. The van der Waals surface area contributed by atoms with Gasteiger partial charge in [0, 0.05) is 55.1 Å². The van der Waals surface area contributed by atoms with Crippen molar-refractivity contribution in [3.05, 3.63) is 35.7 Å². The van der Waals surface area contributed by atoms with Crippen molar-refractivity contribution < 1.29 is 0 Å². The van der Waals surface area contributed by atoms with Crippen LogP contribution < -0.4 is 9.80 Å². The zero-order valence-electron chi connectivity index (χ0n) is 13.7. The molecule has 0 atom stereocenters. The van der Waals surface area contributed by atoms with Crippen LogP contribution in [0, 0.1) is 13.8 Å². The highest BCUT2D eigenvalue weighted by Crippen LogP contribution is 2.39. The molecule has 1 aliphatic carbocycles. The van der Waals surface area contributed by atoms with Crippen LogP contribution >= 0.6 is 0 Å². The summed E-state index contributed by atoms with van der Waals surface area (Å²) in [7, 11) is 0. The molecule has 0 unspecified atom stereocenters. The molecule has 0 spiro atoms. The summed E-state index contributed by atoms with van der Waals surface area (Å²) < 4.78 is 0. The normalized spacial score (nSPS) is 18.3. The van der Waals surface area contributed by atoms with E-state index in [-0.39, 0.29) is 0 Å². The van der Waals surface area contributed by atoms with Crippen LogP contribution in [0.15, 0.2) is 18.7 Å². The van der Waals surface area contributed by atoms with Gasteiger partial charge in [-0.2, -0.15) is 0 Å². The van der Waals surface area contributed by atoms with Gasteiger partial charge in [0.1, 0.15) is 24.3 Å². The molecular formula is C17H22N6. The van der Waals surface area contributed by atoms with Gasteiger partial charge in [-0.1, -0.05) is 0 Å². The van der Waals surface area contributed by atoms with Crippen LogP contribution in [0.2, 0.25) is 0 Å². The van der Waals surface area contributed by atoms with Crippen molar-refractivity contribution in [3.8, 4) is 0 Å². The van der Waals surface area contributed by atoms with Crippen LogP contribution in [0.25, 0.3) is 0 Å². The summed E-state index contributed by atoms with van der Waals surface area (Å²) in [5.41, 5.74) is 3.45. The zero-order valence-corrected chi connectivity index (χ0v) is 13.7. The summed E-state index contributed by atoms with van der Waals surface area (Å²) in [6.07, 6.45) is 5.93. The van der Waals surface area contributed by atoms with Crippen LogP contribution in [-0.4, -0.2) is 46.1 Å². The Morgan fingerprint density at radius 1 is 0.870 bits per heavy atom. The van der Waals surface area contributed by atoms with E-state index in [1.165, 1.54) is 24.1 Å². The molecule has 6 nitrogen and oxygen atoms in total. The molecule has 0 bridgehead atoms. The number of anilines is 2. The van der Waals surface area contributed by atoms with Gasteiger partial charge in [0.2, 0.25) is 0 Å². The van der Waals surface area contributed by atoms with Crippen molar-refractivity contribution in [1.29, 1.82) is 0 Å². The molecular weight excluding hydrogens is 288 g/mol. The molecule has 0 radical (unpaired) electrons. The lowest BCUT2D eigenvalue weighted by Gasteiger charge is -2.36. The molecule has 23 heavy (non-hydrogen) atoms. The van der Waals surface area contributed by atoms with E-state index in [2.05, 4.69) is 42.7 Å². The van der Waals surface area contributed by atoms with Crippen molar-refractivity contribution in [2.75, 3.05) is 36.0 Å². The number of piperazine rings is 1. The third kappa shape index (κ3) is 2.85. The van der Waals surface area contributed by atoms with Crippen LogP contribution in [0.4, 0.5) is 11.6 Å². The highest BCUT2D eigenvalue weighted by molar-refractivity contribution is 5.50. The lowest BCUT2D eigenvalue weighted by molar-refractivity contribution is 0.637. The molecule has 3 heterocycles. The largest absolute Gasteiger partial charge is 0.353 e. The Bertz CT molecular complexity index is 704. The minimum atomic E-state index is 0.671. The summed E-state index contributed by atoms with van der Waals surface area (Å²) in [5, 5.41) is 0. The van der Waals surface area contributed by atoms with Gasteiger partial charge in [-0.05, 0) is 26.7 Å². The Morgan fingerprint density at radius 2 is 1.57 bits per heavy atom. The maximum atomic E-state index is 4.48. The molecule has 1 saturated heterocycles. The minimum Gasteiger partial charge on any atom is -0.353 e. The second-order valence-electron chi connectivity index (χ2n) is 6.46. The lowest BCUT2D eigenvalue weighted by Crippen LogP contribution is -2.47. The summed E-state index contributed by atoms with van der Waals surface area (Å²) in [5.74, 6) is 2.81. The molecule has 6 heteroatoms. The topological polar surface area (TPSA) is 58.0 Å². The van der Waals surface area contributed by atoms with E-state index < -0.39 is 0 Å². The van der Waals surface area contributed by atoms with Gasteiger partial charge in [0.15, 0.2) is 0 Å². The Balaban J connectivity index is 1.46. The molecule has 1 saturated carbocycles. The first-order valence-corrected chi connectivity index (χ1v) is 8.32. The van der Waals surface area contributed by atoms with Crippen molar-refractivity contribution in [2.45, 2.75) is 32.6 Å². The van der Waals surface area contributed by atoms with Gasteiger partial charge < -0.3 is 9.80 Å². The number of aryl methyl sites for hydroxylation is 1. The molecule has 0 amide bonds. The second-order valence-corrected chi connectivity index (χ2v) is 6.46. The van der Waals surface area contributed by atoms with Crippen molar-refractivity contribution in [3.63, 3.8) is 0 Å². The van der Waals surface area contributed by atoms with Crippen LogP contribution in [0.3, 0.4) is 0 Å². The first-order valence-electron chi connectivity index (χ1n) is 8.32. The molecule has 120 valence electrons. The second kappa shape index (κ2) is 5.76. The Hall–Kier alpha value is -2.24. The van der Waals surface area contributed by atoms with E-state index >= 15 is 0 Å². The van der Waals surface area contributed by atoms with Crippen LogP contribution in [0.5, 0.6) is 0 Å². The lowest BCUT2D eigenvalue weighted by atomic mass is 10.2.